The number of anilines is 1. The molecule has 1 aromatic carbocycles. The Morgan fingerprint density at radius 2 is 2.00 bits per heavy atom. The summed E-state index contributed by atoms with van der Waals surface area (Å²) in [5.41, 5.74) is 0.543. The summed E-state index contributed by atoms with van der Waals surface area (Å²) in [5.74, 6) is -0.213. The Morgan fingerprint density at radius 1 is 1.21 bits per heavy atom. The van der Waals surface area contributed by atoms with E-state index in [9.17, 15) is 4.39 Å². The molecule has 3 heteroatoms. The van der Waals surface area contributed by atoms with Crippen molar-refractivity contribution >= 4 is 5.69 Å². The molecule has 0 saturated carbocycles. The van der Waals surface area contributed by atoms with E-state index in [4.69, 9.17) is 4.74 Å². The average molecular weight is 267 g/mol. The van der Waals surface area contributed by atoms with Crippen molar-refractivity contribution < 1.29 is 9.13 Å². The highest BCUT2D eigenvalue weighted by molar-refractivity contribution is 5.44. The third kappa shape index (κ3) is 7.16. The van der Waals surface area contributed by atoms with Gasteiger partial charge in [0.25, 0.3) is 0 Å². The van der Waals surface area contributed by atoms with Gasteiger partial charge in [0.2, 0.25) is 0 Å². The summed E-state index contributed by atoms with van der Waals surface area (Å²) in [6, 6.07) is 6.71. The van der Waals surface area contributed by atoms with Crippen LogP contribution in [-0.4, -0.2) is 19.3 Å². The van der Waals surface area contributed by atoms with Gasteiger partial charge in [0.05, 0.1) is 18.4 Å². The number of benzene rings is 1. The van der Waals surface area contributed by atoms with Crippen molar-refractivity contribution in [2.45, 2.75) is 52.1 Å². The fraction of sp³-hybridized carbons (Fsp3) is 0.625. The molecule has 0 heterocycles. The number of hydrogen-bond acceptors (Lipinski definition) is 2. The topological polar surface area (TPSA) is 21.3 Å². The number of hydrogen-bond donors (Lipinski definition) is 1. The highest BCUT2D eigenvalue weighted by Crippen LogP contribution is 2.12. The molecule has 1 rings (SSSR count). The second kappa shape index (κ2) is 9.79. The molecular formula is C16H26FNO. The fourth-order valence-corrected chi connectivity index (χ4v) is 1.99. The first-order chi connectivity index (χ1) is 9.24. The minimum atomic E-state index is -0.213. The van der Waals surface area contributed by atoms with Gasteiger partial charge in [-0.1, -0.05) is 44.7 Å². The zero-order valence-electron chi connectivity index (χ0n) is 12.1. The van der Waals surface area contributed by atoms with Crippen LogP contribution in [0.25, 0.3) is 0 Å². The molecule has 1 unspecified atom stereocenters. The summed E-state index contributed by atoms with van der Waals surface area (Å²) < 4.78 is 19.0. The van der Waals surface area contributed by atoms with Crippen LogP contribution in [0.15, 0.2) is 24.3 Å². The molecule has 2 nitrogen and oxygen atoms in total. The van der Waals surface area contributed by atoms with Crippen molar-refractivity contribution in [3.63, 3.8) is 0 Å². The normalized spacial score (nSPS) is 12.4. The minimum Gasteiger partial charge on any atom is -0.380 e. The summed E-state index contributed by atoms with van der Waals surface area (Å²) in [5, 5.41) is 3.04. The Balaban J connectivity index is 2.05. The van der Waals surface area contributed by atoms with E-state index >= 15 is 0 Å². The zero-order chi connectivity index (χ0) is 13.9. The van der Waals surface area contributed by atoms with E-state index in [-0.39, 0.29) is 5.82 Å². The Labute approximate surface area is 116 Å². The van der Waals surface area contributed by atoms with Crippen LogP contribution in [0.2, 0.25) is 0 Å². The van der Waals surface area contributed by atoms with E-state index < -0.39 is 0 Å². The van der Waals surface area contributed by atoms with Gasteiger partial charge >= 0.3 is 0 Å². The molecule has 0 aliphatic carbocycles. The number of ether oxygens (including phenoxy) is 1. The van der Waals surface area contributed by atoms with Gasteiger partial charge < -0.3 is 10.1 Å². The molecule has 0 fully saturated rings. The molecule has 19 heavy (non-hydrogen) atoms. The van der Waals surface area contributed by atoms with E-state index in [1.165, 1.54) is 31.7 Å². The number of rotatable bonds is 10. The lowest BCUT2D eigenvalue weighted by atomic mass is 10.1. The number of para-hydroxylation sites is 1. The van der Waals surface area contributed by atoms with Crippen molar-refractivity contribution in [1.29, 1.82) is 0 Å². The lowest BCUT2D eigenvalue weighted by molar-refractivity contribution is 0.0658. The van der Waals surface area contributed by atoms with E-state index in [1.54, 1.807) is 12.1 Å². The number of unbranched alkanes of at least 4 members (excludes halogenated alkanes) is 3. The molecule has 0 aliphatic rings. The highest BCUT2D eigenvalue weighted by Gasteiger charge is 2.02. The van der Waals surface area contributed by atoms with Gasteiger partial charge in [-0.05, 0) is 25.5 Å². The smallest absolute Gasteiger partial charge is 0.146 e. The largest absolute Gasteiger partial charge is 0.380 e. The molecule has 0 aliphatic heterocycles. The Kier molecular flexibility index (Phi) is 8.23. The van der Waals surface area contributed by atoms with Crippen molar-refractivity contribution in [3.05, 3.63) is 30.1 Å². The molecular weight excluding hydrogens is 241 g/mol. The SMILES string of the molecule is CCCCCCC(C)OCCNc1ccccc1F. The lowest BCUT2D eigenvalue weighted by Gasteiger charge is -2.14. The Hall–Kier alpha value is -1.09. The Morgan fingerprint density at radius 3 is 2.74 bits per heavy atom. The van der Waals surface area contributed by atoms with E-state index in [1.807, 2.05) is 6.07 Å². The van der Waals surface area contributed by atoms with Gasteiger partial charge in [-0.2, -0.15) is 0 Å². The Bertz CT molecular complexity index is 343. The molecule has 0 radical (unpaired) electrons. The van der Waals surface area contributed by atoms with Gasteiger partial charge in [0, 0.05) is 6.54 Å². The van der Waals surface area contributed by atoms with Gasteiger partial charge in [-0.3, -0.25) is 0 Å². The van der Waals surface area contributed by atoms with Crippen LogP contribution < -0.4 is 5.32 Å². The second-order valence-electron chi connectivity index (χ2n) is 4.94. The van der Waals surface area contributed by atoms with Crippen LogP contribution in [0.5, 0.6) is 0 Å². The van der Waals surface area contributed by atoms with Crippen LogP contribution in [-0.2, 0) is 4.74 Å². The quantitative estimate of drug-likeness (QED) is 0.625. The van der Waals surface area contributed by atoms with Crippen LogP contribution in [0, 0.1) is 5.82 Å². The van der Waals surface area contributed by atoms with E-state index in [0.717, 1.165) is 6.42 Å². The first kappa shape index (κ1) is 16.0. The summed E-state index contributed by atoms with van der Waals surface area (Å²) in [4.78, 5) is 0. The lowest BCUT2D eigenvalue weighted by Crippen LogP contribution is -2.16. The molecule has 0 spiro atoms. The second-order valence-corrected chi connectivity index (χ2v) is 4.94. The van der Waals surface area contributed by atoms with Crippen LogP contribution in [0.4, 0.5) is 10.1 Å². The van der Waals surface area contributed by atoms with Crippen LogP contribution in [0.3, 0.4) is 0 Å². The molecule has 1 aromatic rings. The molecule has 108 valence electrons. The highest BCUT2D eigenvalue weighted by atomic mass is 19.1. The van der Waals surface area contributed by atoms with Crippen LogP contribution in [0.1, 0.15) is 46.0 Å². The van der Waals surface area contributed by atoms with Crippen molar-refractivity contribution in [2.75, 3.05) is 18.5 Å². The number of halogens is 1. The third-order valence-corrected chi connectivity index (χ3v) is 3.16. The summed E-state index contributed by atoms with van der Waals surface area (Å²) in [6.07, 6.45) is 6.50. The van der Waals surface area contributed by atoms with Gasteiger partial charge in [0.1, 0.15) is 5.82 Å². The first-order valence-electron chi connectivity index (χ1n) is 7.34. The van der Waals surface area contributed by atoms with E-state index in [2.05, 4.69) is 19.2 Å². The van der Waals surface area contributed by atoms with Gasteiger partial charge in [-0.25, -0.2) is 4.39 Å². The van der Waals surface area contributed by atoms with E-state index in [0.29, 0.717) is 24.9 Å². The monoisotopic (exact) mass is 267 g/mol. The molecule has 0 saturated heterocycles. The zero-order valence-corrected chi connectivity index (χ0v) is 12.1. The van der Waals surface area contributed by atoms with Crippen molar-refractivity contribution in [2.24, 2.45) is 0 Å². The predicted octanol–water partition coefficient (Wildman–Crippen LogP) is 4.61. The molecule has 0 amide bonds. The predicted molar refractivity (Wildman–Crippen MR) is 79.1 cm³/mol. The number of nitrogens with one attached hydrogen (secondary N) is 1. The standard InChI is InChI=1S/C16H26FNO/c1-3-4-5-6-9-14(2)19-13-12-18-16-11-8-7-10-15(16)17/h7-8,10-11,14,18H,3-6,9,12-13H2,1-2H3. The summed E-state index contributed by atoms with van der Waals surface area (Å²) >= 11 is 0. The molecule has 1 N–H and O–H groups in total. The first-order valence-corrected chi connectivity index (χ1v) is 7.34. The molecule has 0 aromatic heterocycles. The maximum Gasteiger partial charge on any atom is 0.146 e. The van der Waals surface area contributed by atoms with Crippen molar-refractivity contribution in [3.8, 4) is 0 Å². The van der Waals surface area contributed by atoms with Crippen LogP contribution >= 0.6 is 0 Å². The third-order valence-electron chi connectivity index (χ3n) is 3.16. The maximum absolute atomic E-state index is 13.3. The average Bonchev–Trinajstić information content (AvgIpc) is 2.41. The maximum atomic E-state index is 13.3. The van der Waals surface area contributed by atoms with Gasteiger partial charge in [-0.15, -0.1) is 0 Å². The summed E-state index contributed by atoms with van der Waals surface area (Å²) in [6.45, 7) is 5.58. The molecule has 1 atom stereocenters. The van der Waals surface area contributed by atoms with Gasteiger partial charge in [0.15, 0.2) is 0 Å². The minimum absolute atomic E-state index is 0.213. The summed E-state index contributed by atoms with van der Waals surface area (Å²) in [7, 11) is 0. The van der Waals surface area contributed by atoms with Crippen molar-refractivity contribution in [1.82, 2.24) is 0 Å². The fourth-order valence-electron chi connectivity index (χ4n) is 1.99. The molecule has 0 bridgehead atoms.